The Balaban J connectivity index is 1.58. The number of amides is 2. The lowest BCUT2D eigenvalue weighted by atomic mass is 10.0. The van der Waals surface area contributed by atoms with Gasteiger partial charge in [-0.25, -0.2) is 9.37 Å². The summed E-state index contributed by atoms with van der Waals surface area (Å²) >= 11 is 0. The van der Waals surface area contributed by atoms with Crippen LogP contribution in [0.4, 0.5) is 4.39 Å². The van der Waals surface area contributed by atoms with Gasteiger partial charge in [-0.1, -0.05) is 18.2 Å². The molecule has 0 atom stereocenters. The number of rotatable bonds is 3. The largest absolute Gasteiger partial charge is 0.378 e. The first-order valence-electron chi connectivity index (χ1n) is 10.1. The number of primary amides is 1. The average molecular weight is 417 g/mol. The minimum atomic E-state index is -0.589. The zero-order valence-corrected chi connectivity index (χ0v) is 16.7. The van der Waals surface area contributed by atoms with Gasteiger partial charge >= 0.3 is 0 Å². The van der Waals surface area contributed by atoms with Gasteiger partial charge in [0.1, 0.15) is 5.82 Å². The Labute approximate surface area is 178 Å². The molecule has 1 aliphatic heterocycles. The maximum atomic E-state index is 14.4. The number of benzene rings is 2. The first-order chi connectivity index (χ1) is 15.0. The Bertz CT molecular complexity index is 1220. The summed E-state index contributed by atoms with van der Waals surface area (Å²) in [7, 11) is 0. The van der Waals surface area contributed by atoms with Gasteiger partial charge in [0.05, 0.1) is 24.6 Å². The molecular weight excluding hydrogens is 397 g/mol. The molecule has 1 aromatic heterocycles. The minimum Gasteiger partial charge on any atom is -0.378 e. The molecule has 0 spiro atoms. The van der Waals surface area contributed by atoms with Crippen molar-refractivity contribution in [3.63, 3.8) is 0 Å². The fraction of sp³-hybridized carbons (Fsp3) is 0.208. The summed E-state index contributed by atoms with van der Waals surface area (Å²) in [4.78, 5) is 31.5. The predicted molar refractivity (Wildman–Crippen MR) is 113 cm³/mol. The van der Waals surface area contributed by atoms with Crippen LogP contribution in [0.2, 0.25) is 0 Å². The Kier molecular flexibility index (Phi) is 4.75. The molecule has 31 heavy (non-hydrogen) atoms. The van der Waals surface area contributed by atoms with E-state index in [1.165, 1.54) is 6.07 Å². The van der Waals surface area contributed by atoms with Crippen LogP contribution in [0, 0.1) is 5.82 Å². The lowest BCUT2D eigenvalue weighted by Crippen LogP contribution is -2.40. The van der Waals surface area contributed by atoms with E-state index in [4.69, 9.17) is 10.5 Å². The maximum Gasteiger partial charge on any atom is 0.254 e. The van der Waals surface area contributed by atoms with Gasteiger partial charge in [0, 0.05) is 41.8 Å². The van der Waals surface area contributed by atoms with E-state index in [1.54, 1.807) is 35.2 Å². The van der Waals surface area contributed by atoms with E-state index in [9.17, 15) is 14.0 Å². The van der Waals surface area contributed by atoms with Crippen LogP contribution in [0.25, 0.3) is 22.5 Å². The third-order valence-electron chi connectivity index (χ3n) is 5.81. The first-order valence-corrected chi connectivity index (χ1v) is 10.1. The number of pyridine rings is 1. The lowest BCUT2D eigenvalue weighted by molar-refractivity contribution is 0.0303. The number of halogens is 1. The van der Waals surface area contributed by atoms with Crippen molar-refractivity contribution in [3.8, 4) is 22.5 Å². The third kappa shape index (κ3) is 3.37. The maximum absolute atomic E-state index is 14.4. The van der Waals surface area contributed by atoms with Crippen LogP contribution < -0.4 is 5.73 Å². The van der Waals surface area contributed by atoms with Crippen LogP contribution in [0.1, 0.15) is 31.8 Å². The Morgan fingerprint density at radius 1 is 1.03 bits per heavy atom. The Morgan fingerprint density at radius 3 is 2.55 bits per heavy atom. The molecule has 0 radical (unpaired) electrons. The number of nitrogens with zero attached hydrogens (tertiary/aromatic N) is 2. The zero-order chi connectivity index (χ0) is 21.5. The fourth-order valence-corrected chi connectivity index (χ4v) is 4.24. The fourth-order valence-electron chi connectivity index (χ4n) is 4.24. The second-order valence-electron chi connectivity index (χ2n) is 7.68. The molecule has 2 aliphatic rings. The molecule has 1 aliphatic carbocycles. The quantitative estimate of drug-likeness (QED) is 0.555. The van der Waals surface area contributed by atoms with Gasteiger partial charge in [0.2, 0.25) is 5.91 Å². The summed E-state index contributed by atoms with van der Waals surface area (Å²) in [5.74, 6) is -1.05. The molecule has 1 saturated heterocycles. The molecule has 156 valence electrons. The van der Waals surface area contributed by atoms with E-state index >= 15 is 0 Å². The minimum absolute atomic E-state index is 0.0443. The van der Waals surface area contributed by atoms with Gasteiger partial charge in [0.25, 0.3) is 5.91 Å². The number of aromatic nitrogens is 1. The van der Waals surface area contributed by atoms with E-state index in [-0.39, 0.29) is 5.91 Å². The van der Waals surface area contributed by atoms with Crippen molar-refractivity contribution < 1.29 is 18.7 Å². The van der Waals surface area contributed by atoms with E-state index < -0.39 is 11.7 Å². The monoisotopic (exact) mass is 417 g/mol. The van der Waals surface area contributed by atoms with Gasteiger partial charge in [0.15, 0.2) is 0 Å². The molecule has 2 amide bonds. The summed E-state index contributed by atoms with van der Waals surface area (Å²) in [6, 6.07) is 13.3. The van der Waals surface area contributed by atoms with Crippen LogP contribution in [0.5, 0.6) is 0 Å². The standard InChI is InChI=1S/C24H20FN3O3/c25-20-4-2-1-3-17(20)21-13-19(23(26)29)18-12-15-11-14(5-6-16(15)22(18)27-21)24(30)28-7-9-31-10-8-28/h1-6,11,13H,7-10,12H2,(H2,26,29). The molecule has 0 unspecified atom stereocenters. The summed E-state index contributed by atoms with van der Waals surface area (Å²) in [5, 5.41) is 0. The van der Waals surface area contributed by atoms with E-state index in [0.29, 0.717) is 66.4 Å². The second-order valence-corrected chi connectivity index (χ2v) is 7.68. The van der Waals surface area contributed by atoms with E-state index in [0.717, 1.165) is 11.1 Å². The molecule has 2 aromatic carbocycles. The highest BCUT2D eigenvalue weighted by Gasteiger charge is 2.28. The van der Waals surface area contributed by atoms with Crippen LogP contribution in [-0.2, 0) is 11.2 Å². The van der Waals surface area contributed by atoms with Crippen LogP contribution in [0.3, 0.4) is 0 Å². The molecule has 1 fully saturated rings. The van der Waals surface area contributed by atoms with Gasteiger partial charge in [-0.15, -0.1) is 0 Å². The number of carbonyl (C=O) groups excluding carboxylic acids is 2. The second kappa shape index (κ2) is 7.59. The van der Waals surface area contributed by atoms with E-state index in [2.05, 4.69) is 4.98 Å². The number of hydrogen-bond acceptors (Lipinski definition) is 4. The zero-order valence-electron chi connectivity index (χ0n) is 16.7. The SMILES string of the molecule is NC(=O)c1cc(-c2ccccc2F)nc2c1Cc1cc(C(=O)N3CCOCC3)ccc1-2. The van der Waals surface area contributed by atoms with Gasteiger partial charge in [-0.2, -0.15) is 0 Å². The molecule has 5 rings (SSSR count). The Hall–Kier alpha value is -3.58. The van der Waals surface area contributed by atoms with Crippen molar-refractivity contribution in [1.29, 1.82) is 0 Å². The van der Waals surface area contributed by atoms with Crippen molar-refractivity contribution in [1.82, 2.24) is 9.88 Å². The van der Waals surface area contributed by atoms with Crippen molar-refractivity contribution in [3.05, 3.63) is 76.6 Å². The molecule has 0 bridgehead atoms. The van der Waals surface area contributed by atoms with Crippen molar-refractivity contribution in [2.75, 3.05) is 26.3 Å². The number of nitrogens with two attached hydrogens (primary N) is 1. The predicted octanol–water partition coefficient (Wildman–Crippen LogP) is 3.03. The molecule has 0 saturated carbocycles. The van der Waals surface area contributed by atoms with Crippen molar-refractivity contribution in [2.45, 2.75) is 6.42 Å². The summed E-state index contributed by atoms with van der Waals surface area (Å²) in [6.45, 7) is 2.20. The number of fused-ring (bicyclic) bond motifs is 3. The van der Waals surface area contributed by atoms with Crippen molar-refractivity contribution in [2.24, 2.45) is 5.73 Å². The van der Waals surface area contributed by atoms with Crippen LogP contribution >= 0.6 is 0 Å². The van der Waals surface area contributed by atoms with Gasteiger partial charge < -0.3 is 15.4 Å². The van der Waals surface area contributed by atoms with Gasteiger partial charge in [-0.05, 0) is 41.5 Å². The van der Waals surface area contributed by atoms with Crippen LogP contribution in [-0.4, -0.2) is 48.0 Å². The molecule has 2 N–H and O–H groups in total. The highest BCUT2D eigenvalue weighted by Crippen LogP contribution is 2.39. The van der Waals surface area contributed by atoms with Crippen molar-refractivity contribution >= 4 is 11.8 Å². The first kappa shape index (κ1) is 19.4. The number of hydrogen-bond donors (Lipinski definition) is 1. The topological polar surface area (TPSA) is 85.5 Å². The van der Waals surface area contributed by atoms with Gasteiger partial charge in [-0.3, -0.25) is 9.59 Å². The molecule has 7 heteroatoms. The smallest absolute Gasteiger partial charge is 0.254 e. The Morgan fingerprint density at radius 2 is 1.81 bits per heavy atom. The van der Waals surface area contributed by atoms with E-state index in [1.807, 2.05) is 12.1 Å². The normalized spacial score (nSPS) is 14.8. The number of ether oxygens (including phenoxy) is 1. The lowest BCUT2D eigenvalue weighted by Gasteiger charge is -2.27. The average Bonchev–Trinajstić information content (AvgIpc) is 3.16. The number of carbonyl (C=O) groups is 2. The number of morpholine rings is 1. The summed E-state index contributed by atoms with van der Waals surface area (Å²) in [5.41, 5.74) is 10.3. The molecule has 3 aromatic rings. The summed E-state index contributed by atoms with van der Waals surface area (Å²) < 4.78 is 19.7. The molecule has 2 heterocycles. The highest BCUT2D eigenvalue weighted by molar-refractivity contribution is 6.00. The molecule has 6 nitrogen and oxygen atoms in total. The third-order valence-corrected chi connectivity index (χ3v) is 5.81. The highest BCUT2D eigenvalue weighted by atomic mass is 19.1. The van der Waals surface area contributed by atoms with Crippen LogP contribution in [0.15, 0.2) is 48.5 Å². The summed E-state index contributed by atoms with van der Waals surface area (Å²) in [6.07, 6.45) is 0.442. The molecular formula is C24H20FN3O3.